The Labute approximate surface area is 140 Å². The summed E-state index contributed by atoms with van der Waals surface area (Å²) >= 11 is 3.13. The first-order valence-electron chi connectivity index (χ1n) is 7.29. The SMILES string of the molecule is O=C1CCc2c1ccc(F)c2Br.O=C1CCc2cc(F)ccc21. The van der Waals surface area contributed by atoms with Crippen LogP contribution in [0, 0.1) is 11.6 Å². The summed E-state index contributed by atoms with van der Waals surface area (Å²) in [5.74, 6) is -0.285. The first-order valence-corrected chi connectivity index (χ1v) is 8.08. The molecule has 0 saturated heterocycles. The lowest BCUT2D eigenvalue weighted by molar-refractivity contribution is 0.0986. The predicted octanol–water partition coefficient (Wildman–Crippen LogP) is 4.67. The third kappa shape index (κ3) is 3.11. The minimum atomic E-state index is -0.288. The fraction of sp³-hybridized carbons (Fsp3) is 0.222. The highest BCUT2D eigenvalue weighted by Gasteiger charge is 2.22. The van der Waals surface area contributed by atoms with E-state index in [9.17, 15) is 18.4 Å². The van der Waals surface area contributed by atoms with Crippen LogP contribution in [0.1, 0.15) is 44.7 Å². The zero-order chi connectivity index (χ0) is 16.6. The maximum absolute atomic E-state index is 12.9. The highest BCUT2D eigenvalue weighted by atomic mass is 79.9. The van der Waals surface area contributed by atoms with Gasteiger partial charge in [-0.15, -0.1) is 0 Å². The summed E-state index contributed by atoms with van der Waals surface area (Å²) in [6.07, 6.45) is 2.41. The van der Waals surface area contributed by atoms with Crippen LogP contribution >= 0.6 is 15.9 Å². The Kier molecular flexibility index (Phi) is 4.39. The van der Waals surface area contributed by atoms with Crippen LogP contribution in [0.4, 0.5) is 8.78 Å². The number of hydrogen-bond acceptors (Lipinski definition) is 2. The molecule has 0 atom stereocenters. The Morgan fingerprint density at radius 2 is 1.48 bits per heavy atom. The van der Waals surface area contributed by atoms with Crippen LogP contribution in [0.2, 0.25) is 0 Å². The van der Waals surface area contributed by atoms with Crippen LogP contribution < -0.4 is 0 Å². The molecule has 5 heteroatoms. The van der Waals surface area contributed by atoms with Crippen LogP contribution in [0.15, 0.2) is 34.8 Å². The van der Waals surface area contributed by atoms with Crippen molar-refractivity contribution in [3.63, 3.8) is 0 Å². The van der Waals surface area contributed by atoms with Crippen molar-refractivity contribution in [2.45, 2.75) is 25.7 Å². The molecule has 0 N–H and O–H groups in total. The number of hydrogen-bond donors (Lipinski definition) is 0. The van der Waals surface area contributed by atoms with E-state index in [1.807, 2.05) is 0 Å². The number of carbonyl (C=O) groups excluding carboxylic acids is 2. The van der Waals surface area contributed by atoms with Crippen molar-refractivity contribution in [1.29, 1.82) is 0 Å². The van der Waals surface area contributed by atoms with E-state index in [0.29, 0.717) is 41.3 Å². The summed E-state index contributed by atoms with van der Waals surface area (Å²) in [4.78, 5) is 22.2. The van der Waals surface area contributed by atoms with Crippen molar-refractivity contribution in [3.05, 3.63) is 68.7 Å². The molecule has 2 aromatic rings. The second-order valence-electron chi connectivity index (χ2n) is 5.54. The average molecular weight is 379 g/mol. The topological polar surface area (TPSA) is 34.1 Å². The second-order valence-corrected chi connectivity index (χ2v) is 6.33. The molecule has 0 fully saturated rings. The fourth-order valence-electron chi connectivity index (χ4n) is 2.90. The molecule has 0 amide bonds. The number of aryl methyl sites for hydroxylation is 1. The van der Waals surface area contributed by atoms with Gasteiger partial charge in [0.15, 0.2) is 11.6 Å². The fourth-order valence-corrected chi connectivity index (χ4v) is 3.44. The van der Waals surface area contributed by atoms with Crippen molar-refractivity contribution in [2.75, 3.05) is 0 Å². The van der Waals surface area contributed by atoms with Crippen molar-refractivity contribution < 1.29 is 18.4 Å². The van der Waals surface area contributed by atoms with E-state index in [-0.39, 0.29) is 23.2 Å². The molecule has 0 bridgehead atoms. The van der Waals surface area contributed by atoms with E-state index in [2.05, 4.69) is 15.9 Å². The monoisotopic (exact) mass is 378 g/mol. The molecule has 23 heavy (non-hydrogen) atoms. The lowest BCUT2D eigenvalue weighted by atomic mass is 10.1. The van der Waals surface area contributed by atoms with Crippen LogP contribution in [-0.4, -0.2) is 11.6 Å². The van der Waals surface area contributed by atoms with Crippen LogP contribution in [-0.2, 0) is 12.8 Å². The quantitative estimate of drug-likeness (QED) is 0.667. The first kappa shape index (κ1) is 16.0. The summed E-state index contributed by atoms with van der Waals surface area (Å²) in [6, 6.07) is 7.24. The molecule has 0 saturated carbocycles. The van der Waals surface area contributed by atoms with E-state index in [1.54, 1.807) is 12.1 Å². The Bertz CT molecular complexity index is 815. The highest BCUT2D eigenvalue weighted by molar-refractivity contribution is 9.10. The molecule has 2 aliphatic carbocycles. The molecule has 4 rings (SSSR count). The largest absolute Gasteiger partial charge is 0.294 e. The van der Waals surface area contributed by atoms with Gasteiger partial charge in [-0.1, -0.05) is 0 Å². The molecule has 0 heterocycles. The van der Waals surface area contributed by atoms with Crippen LogP contribution in [0.5, 0.6) is 0 Å². The summed E-state index contributed by atoms with van der Waals surface area (Å²) < 4.78 is 26.0. The average Bonchev–Trinajstić information content (AvgIpc) is 3.08. The van der Waals surface area contributed by atoms with Gasteiger partial charge in [-0.25, -0.2) is 8.78 Å². The maximum atomic E-state index is 12.9. The molecule has 2 nitrogen and oxygen atoms in total. The predicted molar refractivity (Wildman–Crippen MR) is 85.8 cm³/mol. The molecule has 0 radical (unpaired) electrons. The molecule has 2 aliphatic rings. The van der Waals surface area contributed by atoms with Gasteiger partial charge in [-0.3, -0.25) is 9.59 Å². The number of fused-ring (bicyclic) bond motifs is 2. The van der Waals surface area contributed by atoms with Crippen molar-refractivity contribution >= 4 is 27.5 Å². The molecule has 118 valence electrons. The summed E-state index contributed by atoms with van der Waals surface area (Å²) in [7, 11) is 0. The smallest absolute Gasteiger partial charge is 0.163 e. The number of benzene rings is 2. The number of carbonyl (C=O) groups is 2. The second kappa shape index (κ2) is 6.32. The van der Waals surface area contributed by atoms with E-state index in [1.165, 1.54) is 18.2 Å². The molecular weight excluding hydrogens is 366 g/mol. The standard InChI is InChI=1S/C9H6BrFO.C9H7FO/c10-9-6-2-4-8(12)5(6)1-3-7(9)11;10-7-2-3-8-6(5-7)1-4-9(8)11/h1,3H,2,4H2;2-3,5H,1,4H2. The minimum absolute atomic E-state index is 0.116. The van der Waals surface area contributed by atoms with E-state index in [4.69, 9.17) is 0 Å². The molecule has 0 aliphatic heterocycles. The number of Topliss-reactive ketones (excluding diaryl/α,β-unsaturated/α-hetero) is 2. The third-order valence-corrected chi connectivity index (χ3v) is 4.95. The summed E-state index contributed by atoms with van der Waals surface area (Å²) in [5.41, 5.74) is 3.05. The zero-order valence-corrected chi connectivity index (χ0v) is 13.8. The number of ketones is 2. The minimum Gasteiger partial charge on any atom is -0.294 e. The molecule has 0 unspecified atom stereocenters. The molecular formula is C18H13BrF2O2. The lowest BCUT2D eigenvalue weighted by Gasteiger charge is -2.00. The zero-order valence-electron chi connectivity index (χ0n) is 12.2. The van der Waals surface area contributed by atoms with Gasteiger partial charge < -0.3 is 0 Å². The Hall–Kier alpha value is -1.88. The van der Waals surface area contributed by atoms with Gasteiger partial charge in [0.05, 0.1) is 4.47 Å². The van der Waals surface area contributed by atoms with E-state index in [0.717, 1.165) is 11.1 Å². The van der Waals surface area contributed by atoms with Gasteiger partial charge in [0.25, 0.3) is 0 Å². The molecule has 2 aromatic carbocycles. The van der Waals surface area contributed by atoms with Crippen LogP contribution in [0.3, 0.4) is 0 Å². The van der Waals surface area contributed by atoms with Gasteiger partial charge in [-0.05, 0) is 70.2 Å². The Morgan fingerprint density at radius 3 is 2.26 bits per heavy atom. The van der Waals surface area contributed by atoms with Crippen molar-refractivity contribution in [3.8, 4) is 0 Å². The molecule has 0 spiro atoms. The van der Waals surface area contributed by atoms with Gasteiger partial charge in [0.2, 0.25) is 0 Å². The van der Waals surface area contributed by atoms with Gasteiger partial charge in [0.1, 0.15) is 11.6 Å². The summed E-state index contributed by atoms with van der Waals surface area (Å²) in [5, 5.41) is 0. The van der Waals surface area contributed by atoms with Gasteiger partial charge in [-0.2, -0.15) is 0 Å². The van der Waals surface area contributed by atoms with E-state index >= 15 is 0 Å². The number of halogens is 3. The lowest BCUT2D eigenvalue weighted by Crippen LogP contribution is -1.92. The van der Waals surface area contributed by atoms with Crippen molar-refractivity contribution in [2.24, 2.45) is 0 Å². The van der Waals surface area contributed by atoms with Gasteiger partial charge in [0, 0.05) is 24.0 Å². The third-order valence-electron chi connectivity index (χ3n) is 4.09. The van der Waals surface area contributed by atoms with Gasteiger partial charge >= 0.3 is 0 Å². The van der Waals surface area contributed by atoms with E-state index < -0.39 is 0 Å². The first-order chi connectivity index (χ1) is 11.0. The van der Waals surface area contributed by atoms with Crippen molar-refractivity contribution in [1.82, 2.24) is 0 Å². The summed E-state index contributed by atoms with van der Waals surface area (Å²) in [6.45, 7) is 0. The normalized spacial score (nSPS) is 15.1. The Balaban J connectivity index is 0.000000136. The number of rotatable bonds is 0. The maximum Gasteiger partial charge on any atom is 0.163 e. The van der Waals surface area contributed by atoms with Crippen LogP contribution in [0.25, 0.3) is 0 Å². The highest BCUT2D eigenvalue weighted by Crippen LogP contribution is 2.30. The Morgan fingerprint density at radius 1 is 0.826 bits per heavy atom. The molecule has 0 aromatic heterocycles.